The molecule has 0 radical (unpaired) electrons. The van der Waals surface area contributed by atoms with E-state index in [1.54, 1.807) is 11.0 Å². The van der Waals surface area contributed by atoms with Crippen LogP contribution < -0.4 is 5.14 Å². The van der Waals surface area contributed by atoms with Gasteiger partial charge in [-0.25, -0.2) is 13.6 Å². The number of primary sulfonamides is 1. The summed E-state index contributed by atoms with van der Waals surface area (Å²) in [4.78, 5) is 14.2. The van der Waals surface area contributed by atoms with Crippen LogP contribution in [0.1, 0.15) is 22.5 Å². The largest absolute Gasteiger partial charge is 0.337 e. The molecule has 8 heteroatoms. The van der Waals surface area contributed by atoms with Crippen LogP contribution in [0.3, 0.4) is 0 Å². The average molecular weight is 348 g/mol. The Balaban J connectivity index is 1.69. The molecule has 0 spiro atoms. The van der Waals surface area contributed by atoms with Gasteiger partial charge in [0.05, 0.1) is 11.4 Å². The van der Waals surface area contributed by atoms with Crippen LogP contribution in [0, 0.1) is 12.8 Å². The van der Waals surface area contributed by atoms with Crippen molar-refractivity contribution in [3.05, 3.63) is 41.6 Å². The Bertz CT molecular complexity index is 842. The maximum Gasteiger partial charge on any atom is 0.271 e. The molecule has 0 saturated carbocycles. The van der Waals surface area contributed by atoms with E-state index < -0.39 is 10.0 Å². The molecule has 24 heavy (non-hydrogen) atoms. The fraction of sp³-hybridized carbons (Fsp3) is 0.375. The number of carbonyl (C=O) groups is 1. The van der Waals surface area contributed by atoms with Crippen molar-refractivity contribution in [3.63, 3.8) is 0 Å². The number of benzene rings is 1. The SMILES string of the molecule is Cc1ccc(-c2cc(C(=O)N3CCC(CS(N)(=O)=O)C3)[nH]n2)cc1. The predicted octanol–water partition coefficient (Wildman–Crippen LogP) is 1.14. The molecular formula is C16H20N4O3S. The molecule has 1 aromatic carbocycles. The van der Waals surface area contributed by atoms with E-state index in [9.17, 15) is 13.2 Å². The molecule has 1 fully saturated rings. The van der Waals surface area contributed by atoms with Crippen molar-refractivity contribution < 1.29 is 13.2 Å². The zero-order valence-corrected chi connectivity index (χ0v) is 14.2. The third-order valence-corrected chi connectivity index (χ3v) is 5.13. The number of rotatable bonds is 4. The summed E-state index contributed by atoms with van der Waals surface area (Å²) in [5.41, 5.74) is 3.20. The fourth-order valence-electron chi connectivity index (χ4n) is 2.96. The van der Waals surface area contributed by atoms with E-state index in [1.807, 2.05) is 31.2 Å². The molecule has 2 heterocycles. The Morgan fingerprint density at radius 2 is 2.08 bits per heavy atom. The van der Waals surface area contributed by atoms with Crippen molar-refractivity contribution in [2.24, 2.45) is 11.1 Å². The number of nitrogens with zero attached hydrogens (tertiary/aromatic N) is 2. The highest BCUT2D eigenvalue weighted by Gasteiger charge is 2.30. The van der Waals surface area contributed by atoms with Gasteiger partial charge in [-0.1, -0.05) is 29.8 Å². The lowest BCUT2D eigenvalue weighted by Gasteiger charge is -2.15. The first-order chi connectivity index (χ1) is 11.3. The monoisotopic (exact) mass is 348 g/mol. The molecule has 1 aliphatic heterocycles. The van der Waals surface area contributed by atoms with Crippen LogP contribution in [0.15, 0.2) is 30.3 Å². The van der Waals surface area contributed by atoms with Crippen LogP contribution in [-0.4, -0.2) is 48.3 Å². The number of hydrogen-bond acceptors (Lipinski definition) is 4. The molecule has 1 atom stereocenters. The van der Waals surface area contributed by atoms with E-state index in [1.165, 1.54) is 0 Å². The number of carbonyl (C=O) groups excluding carboxylic acids is 1. The van der Waals surface area contributed by atoms with E-state index in [0.29, 0.717) is 30.9 Å². The summed E-state index contributed by atoms with van der Waals surface area (Å²) in [5, 5.41) is 12.1. The summed E-state index contributed by atoms with van der Waals surface area (Å²) in [5.74, 6) is -0.366. The van der Waals surface area contributed by atoms with E-state index in [0.717, 1.165) is 11.1 Å². The van der Waals surface area contributed by atoms with Crippen molar-refractivity contribution in [1.82, 2.24) is 15.1 Å². The van der Waals surface area contributed by atoms with E-state index >= 15 is 0 Å². The van der Waals surface area contributed by atoms with Gasteiger partial charge >= 0.3 is 0 Å². The second-order valence-electron chi connectivity index (χ2n) is 6.27. The number of H-pyrrole nitrogens is 1. The van der Waals surface area contributed by atoms with Crippen molar-refractivity contribution in [2.45, 2.75) is 13.3 Å². The molecule has 3 N–H and O–H groups in total. The number of aryl methyl sites for hydroxylation is 1. The zero-order valence-electron chi connectivity index (χ0n) is 13.4. The molecule has 1 unspecified atom stereocenters. The van der Waals surface area contributed by atoms with Crippen LogP contribution >= 0.6 is 0 Å². The van der Waals surface area contributed by atoms with Crippen LogP contribution in [0.4, 0.5) is 0 Å². The minimum Gasteiger partial charge on any atom is -0.337 e. The standard InChI is InChI=1S/C16H20N4O3S/c1-11-2-4-13(5-3-11)14-8-15(19-18-14)16(21)20-7-6-12(9-20)10-24(17,22)23/h2-5,8,12H,6-7,9-10H2,1H3,(H,18,19)(H2,17,22,23). The van der Waals surface area contributed by atoms with Crippen molar-refractivity contribution in [1.29, 1.82) is 0 Å². The van der Waals surface area contributed by atoms with Crippen molar-refractivity contribution >= 4 is 15.9 Å². The highest BCUT2D eigenvalue weighted by atomic mass is 32.2. The van der Waals surface area contributed by atoms with Gasteiger partial charge in [0.2, 0.25) is 10.0 Å². The lowest BCUT2D eigenvalue weighted by molar-refractivity contribution is 0.0782. The molecule has 3 rings (SSSR count). The van der Waals surface area contributed by atoms with E-state index in [4.69, 9.17) is 5.14 Å². The van der Waals surface area contributed by atoms with E-state index in [2.05, 4.69) is 10.2 Å². The maximum absolute atomic E-state index is 12.5. The summed E-state index contributed by atoms with van der Waals surface area (Å²) < 4.78 is 22.4. The number of aromatic amines is 1. The number of likely N-dealkylation sites (tertiary alicyclic amines) is 1. The van der Waals surface area contributed by atoms with Gasteiger partial charge < -0.3 is 4.90 Å². The highest BCUT2D eigenvalue weighted by Crippen LogP contribution is 2.22. The summed E-state index contributed by atoms with van der Waals surface area (Å²) in [6.07, 6.45) is 0.640. The average Bonchev–Trinajstić information content (AvgIpc) is 3.15. The van der Waals surface area contributed by atoms with Gasteiger partial charge in [-0.3, -0.25) is 9.89 Å². The van der Waals surface area contributed by atoms with Gasteiger partial charge in [-0.15, -0.1) is 0 Å². The lowest BCUT2D eigenvalue weighted by Crippen LogP contribution is -2.31. The zero-order chi connectivity index (χ0) is 17.3. The molecule has 1 aliphatic rings. The molecule has 1 amide bonds. The normalized spacial score (nSPS) is 18.1. The predicted molar refractivity (Wildman–Crippen MR) is 90.7 cm³/mol. The lowest BCUT2D eigenvalue weighted by atomic mass is 10.1. The maximum atomic E-state index is 12.5. The second-order valence-corrected chi connectivity index (χ2v) is 7.93. The van der Waals surface area contributed by atoms with Crippen LogP contribution in [0.25, 0.3) is 11.3 Å². The van der Waals surface area contributed by atoms with Crippen molar-refractivity contribution in [3.8, 4) is 11.3 Å². The number of aromatic nitrogens is 2. The number of nitrogens with two attached hydrogens (primary N) is 1. The minimum absolute atomic E-state index is 0.0889. The van der Waals surface area contributed by atoms with Gasteiger partial charge in [0, 0.05) is 18.7 Å². The number of hydrogen-bond donors (Lipinski definition) is 2. The number of sulfonamides is 1. The first-order valence-electron chi connectivity index (χ1n) is 7.74. The molecule has 2 aromatic rings. The molecule has 7 nitrogen and oxygen atoms in total. The molecular weight excluding hydrogens is 328 g/mol. The van der Waals surface area contributed by atoms with Gasteiger partial charge in [0.15, 0.2) is 0 Å². The smallest absolute Gasteiger partial charge is 0.271 e. The number of amides is 1. The highest BCUT2D eigenvalue weighted by molar-refractivity contribution is 7.89. The topological polar surface area (TPSA) is 109 Å². The van der Waals surface area contributed by atoms with E-state index in [-0.39, 0.29) is 17.6 Å². The second kappa shape index (κ2) is 6.37. The van der Waals surface area contributed by atoms with Gasteiger partial charge in [-0.05, 0) is 25.3 Å². The third-order valence-electron chi connectivity index (χ3n) is 4.20. The molecule has 1 saturated heterocycles. The van der Waals surface area contributed by atoms with Crippen LogP contribution in [0.2, 0.25) is 0 Å². The van der Waals surface area contributed by atoms with Gasteiger partial charge in [0.1, 0.15) is 5.69 Å². The van der Waals surface area contributed by atoms with Crippen molar-refractivity contribution in [2.75, 3.05) is 18.8 Å². The Kier molecular flexibility index (Phi) is 4.42. The van der Waals surface area contributed by atoms with Gasteiger partial charge in [0.25, 0.3) is 5.91 Å². The molecule has 0 bridgehead atoms. The third kappa shape index (κ3) is 3.82. The summed E-state index contributed by atoms with van der Waals surface area (Å²) in [7, 11) is -3.51. The molecule has 128 valence electrons. The quantitative estimate of drug-likeness (QED) is 0.863. The summed E-state index contributed by atoms with van der Waals surface area (Å²) in [6, 6.07) is 9.61. The summed E-state index contributed by atoms with van der Waals surface area (Å²) >= 11 is 0. The van der Waals surface area contributed by atoms with Crippen LogP contribution in [-0.2, 0) is 10.0 Å². The minimum atomic E-state index is -3.51. The molecule has 1 aromatic heterocycles. The fourth-order valence-corrected chi connectivity index (χ4v) is 3.88. The Morgan fingerprint density at radius 3 is 2.75 bits per heavy atom. The summed E-state index contributed by atoms with van der Waals surface area (Å²) in [6.45, 7) is 2.93. The number of nitrogens with one attached hydrogen (secondary N) is 1. The van der Waals surface area contributed by atoms with Gasteiger partial charge in [-0.2, -0.15) is 5.10 Å². The Morgan fingerprint density at radius 1 is 1.38 bits per heavy atom. The molecule has 0 aliphatic carbocycles. The Hall–Kier alpha value is -2.19. The first kappa shape index (κ1) is 16.7. The van der Waals surface area contributed by atoms with Crippen LogP contribution in [0.5, 0.6) is 0 Å². The first-order valence-corrected chi connectivity index (χ1v) is 9.45. The Labute approximate surface area is 140 Å².